The average molecular weight is 427 g/mol. The van der Waals surface area contributed by atoms with Crippen LogP contribution in [-0.4, -0.2) is 39.3 Å². The van der Waals surface area contributed by atoms with Gasteiger partial charge in [-0.3, -0.25) is 4.79 Å². The zero-order valence-corrected chi connectivity index (χ0v) is 18.1. The van der Waals surface area contributed by atoms with Crippen LogP contribution in [-0.2, 0) is 11.2 Å². The fraction of sp³-hybridized carbons (Fsp3) is 0.615. The highest BCUT2D eigenvalue weighted by atomic mass is 16.4. The van der Waals surface area contributed by atoms with E-state index in [2.05, 4.69) is 0 Å². The predicted octanol–water partition coefficient (Wildman–Crippen LogP) is 4.16. The number of hydrogen-bond donors (Lipinski definition) is 3. The molecule has 0 bridgehead atoms. The third kappa shape index (κ3) is 5.09. The number of aryl methyl sites for hydroxylation is 1. The lowest BCUT2D eigenvalue weighted by molar-refractivity contribution is -0.121. The predicted molar refractivity (Wildman–Crippen MR) is 118 cm³/mol. The molecule has 31 heavy (non-hydrogen) atoms. The molecule has 5 heteroatoms. The second-order valence-corrected chi connectivity index (χ2v) is 10.0. The summed E-state index contributed by atoms with van der Waals surface area (Å²) in [4.78, 5) is 23.5. The molecule has 1 aromatic carbocycles. The van der Waals surface area contributed by atoms with Crippen LogP contribution in [0.2, 0.25) is 0 Å². The molecule has 3 saturated carbocycles. The second kappa shape index (κ2) is 9.25. The van der Waals surface area contributed by atoms with Crippen molar-refractivity contribution in [2.45, 2.75) is 76.4 Å². The summed E-state index contributed by atoms with van der Waals surface area (Å²) in [5, 5.41) is 30.3. The number of rotatable bonds is 10. The Labute approximate surface area is 184 Å². The number of Topliss-reactive ketones (excluding diaryl/α,β-unsaturated/α-hetero) is 1. The molecule has 0 spiro atoms. The molecule has 4 rings (SSSR count). The van der Waals surface area contributed by atoms with Gasteiger partial charge in [-0.25, -0.2) is 4.79 Å². The fourth-order valence-corrected chi connectivity index (χ4v) is 5.54. The molecule has 0 aliphatic heterocycles. The average Bonchev–Trinajstić information content (AvgIpc) is 3.49. The number of ketones is 1. The summed E-state index contributed by atoms with van der Waals surface area (Å²) in [5.74, 6) is -0.490. The van der Waals surface area contributed by atoms with Gasteiger partial charge in [0.1, 0.15) is 5.78 Å². The summed E-state index contributed by atoms with van der Waals surface area (Å²) >= 11 is 0. The van der Waals surface area contributed by atoms with E-state index in [1.165, 1.54) is 19.3 Å². The Morgan fingerprint density at radius 3 is 2.48 bits per heavy atom. The zero-order valence-electron chi connectivity index (χ0n) is 18.1. The van der Waals surface area contributed by atoms with Crippen LogP contribution in [0.25, 0.3) is 0 Å². The largest absolute Gasteiger partial charge is 0.478 e. The van der Waals surface area contributed by atoms with Gasteiger partial charge in [-0.05, 0) is 67.6 Å². The topological polar surface area (TPSA) is 94.8 Å². The van der Waals surface area contributed by atoms with Crippen LogP contribution >= 0.6 is 0 Å². The van der Waals surface area contributed by atoms with Gasteiger partial charge in [0.05, 0.1) is 17.8 Å². The van der Waals surface area contributed by atoms with E-state index >= 15 is 0 Å². The number of aliphatic hydroxyl groups excluding tert-OH is 2. The van der Waals surface area contributed by atoms with Gasteiger partial charge in [0, 0.05) is 18.3 Å². The summed E-state index contributed by atoms with van der Waals surface area (Å²) in [6.45, 7) is 0. The van der Waals surface area contributed by atoms with Gasteiger partial charge >= 0.3 is 5.97 Å². The van der Waals surface area contributed by atoms with Crippen molar-refractivity contribution in [3.8, 4) is 0 Å². The summed E-state index contributed by atoms with van der Waals surface area (Å²) in [7, 11) is 0. The summed E-state index contributed by atoms with van der Waals surface area (Å²) in [6, 6.07) is 6.75. The Morgan fingerprint density at radius 2 is 1.90 bits per heavy atom. The molecular formula is C26H34O5. The number of carboxylic acid groups (broad SMARTS) is 1. The molecule has 3 aliphatic rings. The van der Waals surface area contributed by atoms with Crippen molar-refractivity contribution in [3.63, 3.8) is 0 Å². The lowest BCUT2D eigenvalue weighted by Gasteiger charge is -2.46. The lowest BCUT2D eigenvalue weighted by Crippen LogP contribution is -2.41. The van der Waals surface area contributed by atoms with Crippen molar-refractivity contribution in [1.29, 1.82) is 0 Å². The molecule has 3 N–H and O–H groups in total. The van der Waals surface area contributed by atoms with Crippen molar-refractivity contribution >= 4 is 11.8 Å². The van der Waals surface area contributed by atoms with Crippen LogP contribution < -0.4 is 0 Å². The number of hydrogen-bond acceptors (Lipinski definition) is 4. The molecule has 1 aromatic rings. The van der Waals surface area contributed by atoms with Gasteiger partial charge in [-0.1, -0.05) is 43.5 Å². The Hall–Kier alpha value is -1.98. The first-order chi connectivity index (χ1) is 14.9. The highest BCUT2D eigenvalue weighted by Crippen LogP contribution is 2.53. The van der Waals surface area contributed by atoms with E-state index in [1.807, 2.05) is 12.2 Å². The SMILES string of the molecule is O=C(O)c1ccc(CC[C@H]2C(=O)CC(O)[C@@H]2C=CCC(O)C2(CC3CC3)CCC2)cc1. The number of benzene rings is 1. The lowest BCUT2D eigenvalue weighted by atomic mass is 9.61. The van der Waals surface area contributed by atoms with E-state index in [9.17, 15) is 19.8 Å². The van der Waals surface area contributed by atoms with E-state index < -0.39 is 12.1 Å². The van der Waals surface area contributed by atoms with E-state index in [4.69, 9.17) is 5.11 Å². The summed E-state index contributed by atoms with van der Waals surface area (Å²) < 4.78 is 0. The molecule has 0 amide bonds. The quantitative estimate of drug-likeness (QED) is 0.488. The first kappa shape index (κ1) is 22.2. The molecule has 0 heterocycles. The molecule has 168 valence electrons. The molecule has 3 aliphatic carbocycles. The molecule has 5 nitrogen and oxygen atoms in total. The van der Waals surface area contributed by atoms with Gasteiger partial charge in [0.2, 0.25) is 0 Å². The van der Waals surface area contributed by atoms with Gasteiger partial charge in [0.15, 0.2) is 0 Å². The minimum absolute atomic E-state index is 0.0917. The minimum atomic E-state index is -0.950. The summed E-state index contributed by atoms with van der Waals surface area (Å²) in [5.41, 5.74) is 1.34. The monoisotopic (exact) mass is 426 g/mol. The van der Waals surface area contributed by atoms with Crippen molar-refractivity contribution < 1.29 is 24.9 Å². The van der Waals surface area contributed by atoms with E-state index in [1.54, 1.807) is 24.3 Å². The normalized spacial score (nSPS) is 28.6. The highest BCUT2D eigenvalue weighted by molar-refractivity contribution is 5.87. The number of aromatic carboxylic acids is 1. The number of carbonyl (C=O) groups is 2. The molecular weight excluding hydrogens is 392 g/mol. The Kier molecular flexibility index (Phi) is 6.63. The van der Waals surface area contributed by atoms with Gasteiger partial charge in [0.25, 0.3) is 0 Å². The maximum atomic E-state index is 12.5. The molecule has 0 saturated heterocycles. The number of carbonyl (C=O) groups excluding carboxylic acids is 1. The van der Waals surface area contributed by atoms with Crippen LogP contribution in [0.15, 0.2) is 36.4 Å². The third-order valence-electron chi connectivity index (χ3n) is 7.84. The molecule has 4 atom stereocenters. The van der Waals surface area contributed by atoms with E-state index in [0.717, 1.165) is 30.7 Å². The Morgan fingerprint density at radius 1 is 1.19 bits per heavy atom. The van der Waals surface area contributed by atoms with Crippen LogP contribution in [0, 0.1) is 23.2 Å². The van der Waals surface area contributed by atoms with Crippen molar-refractivity contribution in [2.75, 3.05) is 0 Å². The maximum Gasteiger partial charge on any atom is 0.335 e. The van der Waals surface area contributed by atoms with Crippen molar-refractivity contribution in [3.05, 3.63) is 47.5 Å². The van der Waals surface area contributed by atoms with Gasteiger partial charge in [-0.2, -0.15) is 0 Å². The van der Waals surface area contributed by atoms with Gasteiger partial charge in [-0.15, -0.1) is 0 Å². The smallest absolute Gasteiger partial charge is 0.335 e. The standard InChI is InChI=1S/C26H34O5/c27-22-15-23(28)21(12-9-17-7-10-19(11-8-17)25(30)31)20(22)3-1-4-24(29)26(13-2-14-26)16-18-5-6-18/h1,3,7-8,10-11,18,20-22,24,27,29H,2,4-6,9,12-16H2,(H,30,31)/t20-,21-,22?,24?/m1/s1. The third-order valence-corrected chi connectivity index (χ3v) is 7.84. The fourth-order valence-electron chi connectivity index (χ4n) is 5.54. The summed E-state index contributed by atoms with van der Waals surface area (Å²) in [6.07, 6.45) is 12.2. The highest BCUT2D eigenvalue weighted by Gasteiger charge is 2.46. The van der Waals surface area contributed by atoms with Crippen molar-refractivity contribution in [2.24, 2.45) is 23.2 Å². The van der Waals surface area contributed by atoms with Crippen LogP contribution in [0.4, 0.5) is 0 Å². The maximum absolute atomic E-state index is 12.5. The number of carboxylic acids is 1. The minimum Gasteiger partial charge on any atom is -0.478 e. The molecule has 3 fully saturated rings. The van der Waals surface area contributed by atoms with Crippen LogP contribution in [0.3, 0.4) is 0 Å². The molecule has 0 aromatic heterocycles. The first-order valence-corrected chi connectivity index (χ1v) is 11.8. The van der Waals surface area contributed by atoms with Crippen molar-refractivity contribution in [1.82, 2.24) is 0 Å². The van der Waals surface area contributed by atoms with E-state index in [0.29, 0.717) is 19.3 Å². The first-order valence-electron chi connectivity index (χ1n) is 11.8. The zero-order chi connectivity index (χ0) is 22.0. The molecule has 0 radical (unpaired) electrons. The second-order valence-electron chi connectivity index (χ2n) is 10.0. The Bertz CT molecular complexity index is 819. The molecule has 2 unspecified atom stereocenters. The van der Waals surface area contributed by atoms with E-state index in [-0.39, 0.29) is 41.1 Å². The van der Waals surface area contributed by atoms with Crippen LogP contribution in [0.1, 0.15) is 73.7 Å². The van der Waals surface area contributed by atoms with Gasteiger partial charge < -0.3 is 15.3 Å². The van der Waals surface area contributed by atoms with Crippen LogP contribution in [0.5, 0.6) is 0 Å². The Balaban J connectivity index is 1.33. The number of aliphatic hydroxyl groups is 2.